The quantitative estimate of drug-likeness (QED) is 0.574. The van der Waals surface area contributed by atoms with Crippen LogP contribution in [0.2, 0.25) is 0 Å². The molecule has 208 valence electrons. The third-order valence-electron chi connectivity index (χ3n) is 8.70. The van der Waals surface area contributed by atoms with E-state index in [1.165, 1.54) is 17.7 Å². The average molecular weight is 536 g/mol. The highest BCUT2D eigenvalue weighted by molar-refractivity contribution is 5.85. The van der Waals surface area contributed by atoms with Crippen LogP contribution < -0.4 is 5.32 Å². The summed E-state index contributed by atoms with van der Waals surface area (Å²) in [6, 6.07) is 2.83. The Hall–Kier alpha value is -2.46. The molecule has 1 aliphatic carbocycles. The van der Waals surface area contributed by atoms with Crippen molar-refractivity contribution in [2.75, 3.05) is 33.2 Å². The lowest BCUT2D eigenvalue weighted by atomic mass is 9.87. The van der Waals surface area contributed by atoms with Gasteiger partial charge in [-0.1, -0.05) is 19.1 Å². The van der Waals surface area contributed by atoms with Gasteiger partial charge in [0.1, 0.15) is 12.0 Å². The molecule has 0 bridgehead atoms. The molecule has 4 atom stereocenters. The molecule has 3 aliphatic heterocycles. The largest absolute Gasteiger partial charge is 0.419 e. The molecule has 5 rings (SSSR count). The zero-order valence-electron chi connectivity index (χ0n) is 22.5. The van der Waals surface area contributed by atoms with E-state index in [9.17, 15) is 18.0 Å². The Kier molecular flexibility index (Phi) is 7.09. The van der Waals surface area contributed by atoms with Crippen LogP contribution in [0, 0.1) is 11.7 Å². The van der Waals surface area contributed by atoms with Crippen LogP contribution in [-0.2, 0) is 11.0 Å². The number of likely N-dealkylation sites (N-methyl/N-ethyl adjacent to an activating group) is 1. The summed E-state index contributed by atoms with van der Waals surface area (Å²) in [5.74, 6) is -2.24. The van der Waals surface area contributed by atoms with Crippen LogP contribution in [0.15, 0.2) is 34.5 Å². The van der Waals surface area contributed by atoms with Crippen molar-refractivity contribution in [1.29, 1.82) is 0 Å². The van der Waals surface area contributed by atoms with E-state index in [-0.39, 0.29) is 23.2 Å². The summed E-state index contributed by atoms with van der Waals surface area (Å²) in [6.07, 6.45) is 0.526. The Morgan fingerprint density at radius 3 is 2.50 bits per heavy atom. The Labute approximate surface area is 221 Å². The molecule has 2 fully saturated rings. The van der Waals surface area contributed by atoms with Crippen molar-refractivity contribution in [3.63, 3.8) is 0 Å². The number of piperazine rings is 1. The van der Waals surface area contributed by atoms with Gasteiger partial charge in [-0.3, -0.25) is 9.69 Å². The van der Waals surface area contributed by atoms with Gasteiger partial charge in [-0.25, -0.2) is 9.38 Å². The summed E-state index contributed by atoms with van der Waals surface area (Å²) in [5.41, 5.74) is 0.716. The normalized spacial score (nSPS) is 28.7. The van der Waals surface area contributed by atoms with Crippen molar-refractivity contribution >= 4 is 12.2 Å². The minimum atomic E-state index is -4.83. The average Bonchev–Trinajstić information content (AvgIpc) is 3.41. The molecule has 38 heavy (non-hydrogen) atoms. The molecule has 3 heterocycles. The summed E-state index contributed by atoms with van der Waals surface area (Å²) < 4.78 is 56.0. The first-order valence-electron chi connectivity index (χ1n) is 13.5. The first-order valence-corrected chi connectivity index (χ1v) is 13.5. The lowest BCUT2D eigenvalue weighted by Gasteiger charge is -2.45. The molecule has 2 saturated heterocycles. The number of benzene rings is 1. The van der Waals surface area contributed by atoms with Crippen molar-refractivity contribution in [3.05, 3.63) is 46.4 Å². The molecule has 0 aromatic heterocycles. The molecule has 0 saturated carbocycles. The third-order valence-corrected chi connectivity index (χ3v) is 8.70. The van der Waals surface area contributed by atoms with Crippen LogP contribution in [0.4, 0.5) is 17.6 Å². The first kappa shape index (κ1) is 27.1. The lowest BCUT2D eigenvalue weighted by molar-refractivity contribution is -0.141. The summed E-state index contributed by atoms with van der Waals surface area (Å²) in [6.45, 7) is 8.33. The van der Waals surface area contributed by atoms with Gasteiger partial charge < -0.3 is 15.1 Å². The number of allylic oxidation sites excluding steroid dienone is 1. The summed E-state index contributed by atoms with van der Waals surface area (Å²) in [7, 11) is 2.01. The van der Waals surface area contributed by atoms with Crippen LogP contribution in [-0.4, -0.2) is 77.9 Å². The number of hydrogen-bond donors (Lipinski definition) is 1. The molecule has 1 amide bonds. The second-order valence-corrected chi connectivity index (χ2v) is 11.8. The standard InChI is InChI=1S/C28H37F4N5O/c1-17-8-9-20-22(17)25(35(4)16-33-20)36-12-14-37(15-13-36)26(38)23(21-10-11-27(2,3)34-21)18-6-5-7-19(24(18)29)28(30,31)32/h5-7,16-17,21,23,25,34H,8-15H2,1-4H3/t17-,21+,23+,25?/m1/s1. The van der Waals surface area contributed by atoms with E-state index >= 15 is 4.39 Å². The molecule has 1 unspecified atom stereocenters. The van der Waals surface area contributed by atoms with Crippen molar-refractivity contribution in [2.24, 2.45) is 10.9 Å². The van der Waals surface area contributed by atoms with Crippen LogP contribution in [0.5, 0.6) is 0 Å². The fourth-order valence-corrected chi connectivity index (χ4v) is 6.70. The second kappa shape index (κ2) is 9.93. The van der Waals surface area contributed by atoms with E-state index in [1.54, 1.807) is 4.90 Å². The first-order chi connectivity index (χ1) is 17.9. The van der Waals surface area contributed by atoms with Crippen molar-refractivity contribution in [3.8, 4) is 0 Å². The van der Waals surface area contributed by atoms with Crippen molar-refractivity contribution < 1.29 is 22.4 Å². The zero-order chi connectivity index (χ0) is 27.4. The Morgan fingerprint density at radius 1 is 1.16 bits per heavy atom. The number of amides is 1. The fraction of sp³-hybridized carbons (Fsp3) is 0.643. The van der Waals surface area contributed by atoms with Gasteiger partial charge >= 0.3 is 6.18 Å². The summed E-state index contributed by atoms with van der Waals surface area (Å²) in [4.78, 5) is 24.8. The minimum Gasteiger partial charge on any atom is -0.346 e. The Balaban J connectivity index is 1.38. The molecule has 4 aliphatic rings. The van der Waals surface area contributed by atoms with Crippen LogP contribution in [0.1, 0.15) is 63.5 Å². The minimum absolute atomic E-state index is 0.0891. The number of rotatable bonds is 4. The molecule has 1 aromatic rings. The lowest BCUT2D eigenvalue weighted by Crippen LogP contribution is -2.58. The van der Waals surface area contributed by atoms with E-state index in [0.717, 1.165) is 31.0 Å². The molecular formula is C28H37F4N5O. The number of nitrogens with one attached hydrogen (secondary N) is 1. The maximum absolute atomic E-state index is 15.4. The molecule has 6 nitrogen and oxygen atoms in total. The molecule has 0 spiro atoms. The fourth-order valence-electron chi connectivity index (χ4n) is 6.70. The molecular weight excluding hydrogens is 498 g/mol. The van der Waals surface area contributed by atoms with E-state index in [2.05, 4.69) is 27.0 Å². The van der Waals surface area contributed by atoms with Crippen LogP contribution >= 0.6 is 0 Å². The monoisotopic (exact) mass is 535 g/mol. The van der Waals surface area contributed by atoms with Gasteiger partial charge in [0, 0.05) is 56.1 Å². The second-order valence-electron chi connectivity index (χ2n) is 11.8. The topological polar surface area (TPSA) is 51.2 Å². The van der Waals surface area contributed by atoms with Crippen LogP contribution in [0.25, 0.3) is 0 Å². The van der Waals surface area contributed by atoms with Crippen LogP contribution in [0.3, 0.4) is 0 Å². The number of halogens is 4. The Bertz CT molecular complexity index is 1140. The molecule has 1 N–H and O–H groups in total. The van der Waals surface area contributed by atoms with Crippen molar-refractivity contribution in [1.82, 2.24) is 20.0 Å². The maximum atomic E-state index is 15.4. The predicted octanol–water partition coefficient (Wildman–Crippen LogP) is 4.59. The number of aliphatic imine (C=N–C) groups is 1. The van der Waals surface area contributed by atoms with Crippen molar-refractivity contribution in [2.45, 2.75) is 76.3 Å². The highest BCUT2D eigenvalue weighted by atomic mass is 19.4. The number of carbonyl (C=O) groups is 1. The van der Waals surface area contributed by atoms with Gasteiger partial charge in [-0.05, 0) is 57.1 Å². The van der Waals surface area contributed by atoms with Gasteiger partial charge in [0.25, 0.3) is 0 Å². The maximum Gasteiger partial charge on any atom is 0.419 e. The van der Waals surface area contributed by atoms with Gasteiger partial charge in [0.15, 0.2) is 0 Å². The van der Waals surface area contributed by atoms with E-state index < -0.39 is 29.5 Å². The van der Waals surface area contributed by atoms with E-state index in [4.69, 9.17) is 0 Å². The van der Waals surface area contributed by atoms with E-state index in [1.807, 2.05) is 27.2 Å². The highest BCUT2D eigenvalue weighted by Crippen LogP contribution is 2.41. The number of carbonyl (C=O) groups excluding carboxylic acids is 1. The SMILES string of the molecule is C[C@@H]1CCC2=C1C(N1CCN(C(=O)[C@@H](c3cccc(C(F)(F)F)c3F)[C@@H]3CCC(C)(C)N3)CC1)N(C)C=N2. The molecule has 1 aromatic carbocycles. The van der Waals surface area contributed by atoms with Gasteiger partial charge in [-0.2, -0.15) is 13.2 Å². The molecule has 0 radical (unpaired) electrons. The molecule has 10 heteroatoms. The van der Waals surface area contributed by atoms with E-state index in [0.29, 0.717) is 38.5 Å². The number of alkyl halides is 3. The summed E-state index contributed by atoms with van der Waals surface area (Å²) in [5, 5.41) is 3.40. The Morgan fingerprint density at radius 2 is 1.87 bits per heavy atom. The number of hydrogen-bond acceptors (Lipinski definition) is 5. The summed E-state index contributed by atoms with van der Waals surface area (Å²) >= 11 is 0. The predicted molar refractivity (Wildman–Crippen MR) is 138 cm³/mol. The van der Waals surface area contributed by atoms with Gasteiger partial charge in [0.05, 0.1) is 17.8 Å². The highest BCUT2D eigenvalue weighted by Gasteiger charge is 2.45. The number of nitrogens with zero attached hydrogens (tertiary/aromatic N) is 4. The smallest absolute Gasteiger partial charge is 0.346 e. The van der Waals surface area contributed by atoms with Gasteiger partial charge in [-0.15, -0.1) is 0 Å². The van der Waals surface area contributed by atoms with Gasteiger partial charge in [0.2, 0.25) is 5.91 Å². The zero-order valence-corrected chi connectivity index (χ0v) is 22.5. The third kappa shape index (κ3) is 4.97.